The maximum absolute atomic E-state index is 13.5. The summed E-state index contributed by atoms with van der Waals surface area (Å²) < 4.78 is 17.7. The molecule has 3 aromatic carbocycles. The predicted octanol–water partition coefficient (Wildman–Crippen LogP) is 3.63. The number of rotatable bonds is 9. The number of benzene rings is 3. The molecule has 0 saturated heterocycles. The van der Waals surface area contributed by atoms with Gasteiger partial charge in [-0.05, 0) is 35.7 Å². The summed E-state index contributed by atoms with van der Waals surface area (Å²) in [7, 11) is 1.61. The van der Waals surface area contributed by atoms with Gasteiger partial charge >= 0.3 is 0 Å². The lowest BCUT2D eigenvalue weighted by molar-refractivity contribution is -0.118. The van der Waals surface area contributed by atoms with Crippen molar-refractivity contribution in [3.8, 4) is 17.2 Å². The second-order valence-corrected chi connectivity index (χ2v) is 9.17. The number of ether oxygens (including phenoxy) is 3. The van der Waals surface area contributed by atoms with E-state index in [9.17, 15) is 9.59 Å². The average molecular weight is 504 g/mol. The van der Waals surface area contributed by atoms with Crippen LogP contribution < -0.4 is 25.1 Å². The summed E-state index contributed by atoms with van der Waals surface area (Å²) in [4.78, 5) is 30.8. The second kappa shape index (κ2) is 10.7. The van der Waals surface area contributed by atoms with Gasteiger partial charge in [0, 0.05) is 12.6 Å². The molecular weight excluding hydrogens is 478 g/mol. The van der Waals surface area contributed by atoms with Gasteiger partial charge in [0.2, 0.25) is 12.7 Å². The van der Waals surface area contributed by atoms with Crippen molar-refractivity contribution < 1.29 is 19.0 Å². The van der Waals surface area contributed by atoms with Gasteiger partial charge in [-0.15, -0.1) is 0 Å². The topological polar surface area (TPSA) is 91.7 Å². The van der Waals surface area contributed by atoms with Gasteiger partial charge < -0.3 is 19.5 Å². The molecular formula is C27H25N3O5S. The molecule has 5 rings (SSSR count). The lowest BCUT2D eigenvalue weighted by Crippen LogP contribution is -2.28. The van der Waals surface area contributed by atoms with Crippen molar-refractivity contribution in [3.05, 3.63) is 88.2 Å². The van der Waals surface area contributed by atoms with Gasteiger partial charge in [-0.3, -0.25) is 14.2 Å². The Labute approximate surface area is 212 Å². The molecule has 1 amide bonds. The van der Waals surface area contributed by atoms with Crippen molar-refractivity contribution in [2.45, 2.75) is 18.1 Å². The standard InChI is InChI=1S/C27H25N3O5S/c1-33-20-9-7-19(8-10-20)15-30-26(32)21-13-23-24(35-17-34-23)14-22(21)29-27(30)36-16-25(31)28-12-11-18-5-3-2-4-6-18/h2-10,13-14H,11-12,15-17H2,1H3,(H,28,31). The Bertz CT molecular complexity index is 1440. The number of thioether (sulfide) groups is 1. The smallest absolute Gasteiger partial charge is 0.262 e. The maximum Gasteiger partial charge on any atom is 0.262 e. The summed E-state index contributed by atoms with van der Waals surface area (Å²) in [6.07, 6.45) is 0.751. The number of carbonyl (C=O) groups is 1. The fraction of sp³-hybridized carbons (Fsp3) is 0.222. The van der Waals surface area contributed by atoms with E-state index >= 15 is 0 Å². The van der Waals surface area contributed by atoms with Crippen LogP contribution in [0.25, 0.3) is 10.9 Å². The van der Waals surface area contributed by atoms with Gasteiger partial charge in [0.05, 0.1) is 30.3 Å². The maximum atomic E-state index is 13.5. The second-order valence-electron chi connectivity index (χ2n) is 8.23. The molecule has 9 heteroatoms. The summed E-state index contributed by atoms with van der Waals surface area (Å²) in [5.74, 6) is 1.83. The summed E-state index contributed by atoms with van der Waals surface area (Å²) >= 11 is 1.23. The SMILES string of the molecule is COc1ccc(Cn2c(SCC(=O)NCCc3ccccc3)nc3cc4c(cc3c2=O)OCO4)cc1. The van der Waals surface area contributed by atoms with E-state index in [0.717, 1.165) is 23.3 Å². The Hall–Kier alpha value is -3.98. The third-order valence-electron chi connectivity index (χ3n) is 5.82. The molecule has 8 nitrogen and oxygen atoms in total. The highest BCUT2D eigenvalue weighted by molar-refractivity contribution is 7.99. The molecule has 0 atom stereocenters. The summed E-state index contributed by atoms with van der Waals surface area (Å²) in [5.41, 5.74) is 2.37. The van der Waals surface area contributed by atoms with Gasteiger partial charge in [-0.2, -0.15) is 0 Å². The van der Waals surface area contributed by atoms with Crippen LogP contribution >= 0.6 is 11.8 Å². The first-order valence-corrected chi connectivity index (χ1v) is 12.5. The minimum atomic E-state index is -0.207. The number of hydrogen-bond acceptors (Lipinski definition) is 7. The van der Waals surface area contributed by atoms with Crippen molar-refractivity contribution >= 4 is 28.6 Å². The number of carbonyl (C=O) groups excluding carboxylic acids is 1. The van der Waals surface area contributed by atoms with E-state index in [4.69, 9.17) is 19.2 Å². The molecule has 1 aliphatic rings. The normalized spacial score (nSPS) is 12.0. The zero-order chi connectivity index (χ0) is 24.9. The van der Waals surface area contributed by atoms with Crippen LogP contribution in [0, 0.1) is 0 Å². The Morgan fingerprint density at radius 3 is 2.56 bits per heavy atom. The third kappa shape index (κ3) is 5.31. The van der Waals surface area contributed by atoms with E-state index < -0.39 is 0 Å². The molecule has 1 N–H and O–H groups in total. The van der Waals surface area contributed by atoms with Gasteiger partial charge in [0.15, 0.2) is 16.7 Å². The first-order chi connectivity index (χ1) is 17.6. The molecule has 36 heavy (non-hydrogen) atoms. The molecule has 1 aromatic heterocycles. The first-order valence-electron chi connectivity index (χ1n) is 11.5. The zero-order valence-electron chi connectivity index (χ0n) is 19.7. The highest BCUT2D eigenvalue weighted by atomic mass is 32.2. The number of nitrogens with one attached hydrogen (secondary N) is 1. The molecule has 0 saturated carbocycles. The van der Waals surface area contributed by atoms with E-state index in [1.54, 1.807) is 23.8 Å². The quantitative estimate of drug-likeness (QED) is 0.275. The molecule has 0 radical (unpaired) electrons. The first kappa shape index (κ1) is 23.7. The molecule has 0 bridgehead atoms. The fourth-order valence-corrected chi connectivity index (χ4v) is 4.75. The third-order valence-corrected chi connectivity index (χ3v) is 6.80. The van der Waals surface area contributed by atoms with Crippen molar-refractivity contribution in [2.75, 3.05) is 26.2 Å². The van der Waals surface area contributed by atoms with Crippen LogP contribution in [0.15, 0.2) is 76.7 Å². The Balaban J connectivity index is 1.37. The van der Waals surface area contributed by atoms with E-state index in [2.05, 4.69) is 5.32 Å². The van der Waals surface area contributed by atoms with Crippen molar-refractivity contribution in [1.29, 1.82) is 0 Å². The monoisotopic (exact) mass is 503 g/mol. The van der Waals surface area contributed by atoms with Crippen molar-refractivity contribution in [1.82, 2.24) is 14.9 Å². The minimum Gasteiger partial charge on any atom is -0.497 e. The molecule has 2 heterocycles. The van der Waals surface area contributed by atoms with Crippen LogP contribution in [0.4, 0.5) is 0 Å². The van der Waals surface area contributed by atoms with Crippen molar-refractivity contribution in [3.63, 3.8) is 0 Å². The summed E-state index contributed by atoms with van der Waals surface area (Å²) in [5, 5.41) is 3.84. The van der Waals surface area contributed by atoms with Crippen LogP contribution in [-0.2, 0) is 17.8 Å². The number of methoxy groups -OCH3 is 1. The van der Waals surface area contributed by atoms with Gasteiger partial charge in [0.25, 0.3) is 5.56 Å². The van der Waals surface area contributed by atoms with Crippen LogP contribution in [0.3, 0.4) is 0 Å². The zero-order valence-corrected chi connectivity index (χ0v) is 20.5. The van der Waals surface area contributed by atoms with Gasteiger partial charge in [-0.1, -0.05) is 54.2 Å². The molecule has 0 fully saturated rings. The van der Waals surface area contributed by atoms with Crippen LogP contribution in [0.1, 0.15) is 11.1 Å². The Kier molecular flexibility index (Phi) is 7.08. The number of hydrogen-bond donors (Lipinski definition) is 1. The van der Waals surface area contributed by atoms with E-state index in [1.165, 1.54) is 11.8 Å². The molecule has 184 valence electrons. The number of fused-ring (bicyclic) bond motifs is 2. The molecule has 4 aromatic rings. The summed E-state index contributed by atoms with van der Waals surface area (Å²) in [6.45, 7) is 0.950. The largest absolute Gasteiger partial charge is 0.497 e. The molecule has 1 aliphatic heterocycles. The number of amides is 1. The fourth-order valence-electron chi connectivity index (χ4n) is 3.93. The van der Waals surface area contributed by atoms with Gasteiger partial charge in [0.1, 0.15) is 5.75 Å². The molecule has 0 aliphatic carbocycles. The highest BCUT2D eigenvalue weighted by Crippen LogP contribution is 2.35. The Morgan fingerprint density at radius 1 is 1.06 bits per heavy atom. The van der Waals surface area contributed by atoms with Crippen molar-refractivity contribution in [2.24, 2.45) is 0 Å². The van der Waals surface area contributed by atoms with E-state index in [1.807, 2.05) is 54.6 Å². The summed E-state index contributed by atoms with van der Waals surface area (Å²) in [6, 6.07) is 20.9. The van der Waals surface area contributed by atoms with E-state index in [-0.39, 0.29) is 24.0 Å². The lowest BCUT2D eigenvalue weighted by Gasteiger charge is -2.14. The van der Waals surface area contributed by atoms with E-state index in [0.29, 0.717) is 40.6 Å². The molecule has 0 unspecified atom stereocenters. The van der Waals surface area contributed by atoms with Gasteiger partial charge in [-0.25, -0.2) is 4.98 Å². The Morgan fingerprint density at radius 2 is 1.81 bits per heavy atom. The van der Waals surface area contributed by atoms with Crippen LogP contribution in [0.5, 0.6) is 17.2 Å². The molecule has 0 spiro atoms. The highest BCUT2D eigenvalue weighted by Gasteiger charge is 2.20. The lowest BCUT2D eigenvalue weighted by atomic mass is 10.1. The van der Waals surface area contributed by atoms with Crippen LogP contribution in [0.2, 0.25) is 0 Å². The van der Waals surface area contributed by atoms with Crippen LogP contribution in [-0.4, -0.2) is 41.7 Å². The number of aromatic nitrogens is 2. The predicted molar refractivity (Wildman–Crippen MR) is 138 cm³/mol. The number of nitrogens with zero attached hydrogens (tertiary/aromatic N) is 2. The average Bonchev–Trinajstić information content (AvgIpc) is 3.37. The minimum absolute atomic E-state index is 0.108.